The van der Waals surface area contributed by atoms with E-state index in [9.17, 15) is 13.2 Å². The van der Waals surface area contributed by atoms with E-state index in [2.05, 4.69) is 20.2 Å². The Morgan fingerprint density at radius 2 is 1.81 bits per heavy atom. The van der Waals surface area contributed by atoms with Crippen molar-refractivity contribution in [2.75, 3.05) is 15.8 Å². The van der Waals surface area contributed by atoms with Gasteiger partial charge in [0.25, 0.3) is 11.8 Å². The first-order valence-electron chi connectivity index (χ1n) is 9.75. The van der Waals surface area contributed by atoms with E-state index >= 15 is 0 Å². The highest BCUT2D eigenvalue weighted by Gasteiger charge is 2.15. The van der Waals surface area contributed by atoms with Crippen molar-refractivity contribution in [1.29, 1.82) is 0 Å². The molecular formula is C22H20N4O5S. The molecule has 0 saturated carbocycles. The Labute approximate surface area is 184 Å². The monoisotopic (exact) mass is 452 g/mol. The lowest BCUT2D eigenvalue weighted by Gasteiger charge is -2.08. The van der Waals surface area contributed by atoms with E-state index in [1.165, 1.54) is 6.26 Å². The number of carbonyl (C=O) groups excluding carboxylic acids is 1. The van der Waals surface area contributed by atoms with E-state index in [1.54, 1.807) is 49.4 Å². The molecule has 0 radical (unpaired) electrons. The van der Waals surface area contributed by atoms with Gasteiger partial charge in [0.15, 0.2) is 5.76 Å². The average Bonchev–Trinajstić information content (AvgIpc) is 3.48. The van der Waals surface area contributed by atoms with Gasteiger partial charge in [-0.1, -0.05) is 11.2 Å². The average molecular weight is 452 g/mol. The van der Waals surface area contributed by atoms with Crippen LogP contribution in [0.1, 0.15) is 23.0 Å². The minimum absolute atomic E-state index is 0.0105. The number of nitrogens with one attached hydrogen (secondary N) is 2. The number of anilines is 2. The van der Waals surface area contributed by atoms with Gasteiger partial charge in [-0.15, -0.1) is 0 Å². The summed E-state index contributed by atoms with van der Waals surface area (Å²) in [5, 5.41) is 6.82. The topological polar surface area (TPSA) is 127 Å². The second-order valence-corrected chi connectivity index (χ2v) is 8.98. The zero-order valence-electron chi connectivity index (χ0n) is 17.3. The quantitative estimate of drug-likeness (QED) is 0.427. The van der Waals surface area contributed by atoms with Gasteiger partial charge in [0.1, 0.15) is 0 Å². The van der Waals surface area contributed by atoms with Crippen molar-refractivity contribution < 1.29 is 22.2 Å². The van der Waals surface area contributed by atoms with Gasteiger partial charge in [0.2, 0.25) is 15.8 Å². The first-order valence-corrected chi connectivity index (χ1v) is 11.4. The summed E-state index contributed by atoms with van der Waals surface area (Å²) in [6, 6.07) is 15.3. The smallest absolute Gasteiger partial charge is 0.291 e. The van der Waals surface area contributed by atoms with Crippen LogP contribution in [0.5, 0.6) is 0 Å². The number of nitrogens with zero attached hydrogens (tertiary/aromatic N) is 2. The molecule has 0 fully saturated rings. The molecule has 0 aliphatic carbocycles. The van der Waals surface area contributed by atoms with Gasteiger partial charge in [0.05, 0.1) is 12.0 Å². The van der Waals surface area contributed by atoms with Crippen LogP contribution >= 0.6 is 0 Å². The number of sulfonamides is 1. The second kappa shape index (κ2) is 8.67. The van der Waals surface area contributed by atoms with Gasteiger partial charge in [-0.2, -0.15) is 4.98 Å². The summed E-state index contributed by atoms with van der Waals surface area (Å²) < 4.78 is 36.4. The number of amides is 1. The van der Waals surface area contributed by atoms with Crippen molar-refractivity contribution in [3.63, 3.8) is 0 Å². The molecule has 0 aliphatic rings. The van der Waals surface area contributed by atoms with E-state index in [1.807, 2.05) is 19.1 Å². The molecule has 32 heavy (non-hydrogen) atoms. The first-order chi connectivity index (χ1) is 15.3. The van der Waals surface area contributed by atoms with Crippen molar-refractivity contribution in [2.24, 2.45) is 0 Å². The minimum atomic E-state index is -3.35. The third-order valence-electron chi connectivity index (χ3n) is 4.70. The van der Waals surface area contributed by atoms with Crippen molar-refractivity contribution in [3.8, 4) is 22.8 Å². The fourth-order valence-electron chi connectivity index (χ4n) is 2.88. The molecule has 4 rings (SSSR count). The molecule has 2 aromatic carbocycles. The third kappa shape index (κ3) is 4.70. The Morgan fingerprint density at radius 1 is 1.06 bits per heavy atom. The van der Waals surface area contributed by atoms with Crippen molar-refractivity contribution in [2.45, 2.75) is 13.8 Å². The zero-order chi connectivity index (χ0) is 22.7. The van der Waals surface area contributed by atoms with Gasteiger partial charge in [-0.25, -0.2) is 8.42 Å². The summed E-state index contributed by atoms with van der Waals surface area (Å²) >= 11 is 0. The maximum absolute atomic E-state index is 12.3. The molecule has 4 aromatic rings. The summed E-state index contributed by atoms with van der Waals surface area (Å²) in [7, 11) is -3.35. The highest BCUT2D eigenvalue weighted by molar-refractivity contribution is 7.92. The Hall–Kier alpha value is -3.92. The number of benzene rings is 2. The lowest BCUT2D eigenvalue weighted by molar-refractivity contribution is 0.0996. The zero-order valence-corrected chi connectivity index (χ0v) is 18.1. The summed E-state index contributed by atoms with van der Waals surface area (Å²) in [5.74, 6) is 0.472. The number of aryl methyl sites for hydroxylation is 1. The number of hydrogen-bond donors (Lipinski definition) is 2. The molecule has 9 nitrogen and oxygen atoms in total. The molecule has 10 heteroatoms. The second-order valence-electron chi connectivity index (χ2n) is 6.97. The molecule has 0 atom stereocenters. The van der Waals surface area contributed by atoms with Crippen molar-refractivity contribution >= 4 is 27.3 Å². The molecule has 2 N–H and O–H groups in total. The van der Waals surface area contributed by atoms with Crippen LogP contribution in [0.4, 0.5) is 11.4 Å². The van der Waals surface area contributed by atoms with Crippen LogP contribution < -0.4 is 10.0 Å². The molecule has 0 spiro atoms. The normalized spacial score (nSPS) is 11.3. The van der Waals surface area contributed by atoms with Gasteiger partial charge < -0.3 is 14.3 Å². The standard InChI is InChI=1S/C22H20N4O5S/c1-3-32(28,29)26-17-10-8-15(9-11-17)20-24-22(31-25-20)16-7-6-14(2)18(13-16)23-21(27)19-5-4-12-30-19/h4-13,26H,3H2,1-2H3,(H,23,27). The SMILES string of the molecule is CCS(=O)(=O)Nc1ccc(-c2noc(-c3ccc(C)c(NC(=O)c4ccco4)c3)n2)cc1. The van der Waals surface area contributed by atoms with Crippen LogP contribution in [0.2, 0.25) is 0 Å². The predicted molar refractivity (Wildman–Crippen MR) is 120 cm³/mol. The number of furan rings is 1. The van der Waals surface area contributed by atoms with E-state index < -0.39 is 10.0 Å². The molecule has 0 unspecified atom stereocenters. The van der Waals surface area contributed by atoms with Gasteiger partial charge in [-0.3, -0.25) is 9.52 Å². The summed E-state index contributed by atoms with van der Waals surface area (Å²) in [6.07, 6.45) is 1.43. The third-order valence-corrected chi connectivity index (χ3v) is 6.01. The molecule has 0 saturated heterocycles. The summed E-state index contributed by atoms with van der Waals surface area (Å²) in [4.78, 5) is 16.7. The molecule has 0 bridgehead atoms. The van der Waals surface area contributed by atoms with E-state index in [-0.39, 0.29) is 23.3 Å². The maximum atomic E-state index is 12.3. The number of rotatable bonds is 7. The van der Waals surface area contributed by atoms with Crippen LogP contribution in [0.3, 0.4) is 0 Å². The lowest BCUT2D eigenvalue weighted by atomic mass is 10.1. The Morgan fingerprint density at radius 3 is 2.50 bits per heavy atom. The number of carbonyl (C=O) groups is 1. The van der Waals surface area contributed by atoms with Gasteiger partial charge >= 0.3 is 0 Å². The maximum Gasteiger partial charge on any atom is 0.291 e. The minimum Gasteiger partial charge on any atom is -0.459 e. The summed E-state index contributed by atoms with van der Waals surface area (Å²) in [5.41, 5.74) is 3.21. The number of hydrogen-bond acceptors (Lipinski definition) is 7. The Kier molecular flexibility index (Phi) is 5.78. The van der Waals surface area contributed by atoms with E-state index in [0.29, 0.717) is 28.3 Å². The van der Waals surface area contributed by atoms with E-state index in [4.69, 9.17) is 8.94 Å². The summed E-state index contributed by atoms with van der Waals surface area (Å²) in [6.45, 7) is 3.44. The molecule has 2 aromatic heterocycles. The first kappa shape index (κ1) is 21.3. The van der Waals surface area contributed by atoms with Gasteiger partial charge in [0, 0.05) is 22.5 Å². The van der Waals surface area contributed by atoms with E-state index in [0.717, 1.165) is 5.56 Å². The van der Waals surface area contributed by atoms with Crippen molar-refractivity contribution in [3.05, 3.63) is 72.2 Å². The van der Waals surface area contributed by atoms with Gasteiger partial charge in [-0.05, 0) is 67.9 Å². The fourth-order valence-corrected chi connectivity index (χ4v) is 3.52. The molecular weight excluding hydrogens is 432 g/mol. The Bertz CT molecular complexity index is 1340. The Balaban J connectivity index is 1.54. The fraction of sp³-hybridized carbons (Fsp3) is 0.136. The number of aromatic nitrogens is 2. The van der Waals surface area contributed by atoms with Crippen molar-refractivity contribution in [1.82, 2.24) is 10.1 Å². The van der Waals surface area contributed by atoms with Crippen LogP contribution in [0, 0.1) is 6.92 Å². The van der Waals surface area contributed by atoms with Crippen LogP contribution in [0.25, 0.3) is 22.8 Å². The highest BCUT2D eigenvalue weighted by atomic mass is 32.2. The molecule has 2 heterocycles. The van der Waals surface area contributed by atoms with Crippen LogP contribution in [-0.4, -0.2) is 30.2 Å². The molecule has 0 aliphatic heterocycles. The van der Waals surface area contributed by atoms with Crippen LogP contribution in [0.15, 0.2) is 69.8 Å². The largest absolute Gasteiger partial charge is 0.459 e. The van der Waals surface area contributed by atoms with Crippen LogP contribution in [-0.2, 0) is 10.0 Å². The highest BCUT2D eigenvalue weighted by Crippen LogP contribution is 2.27. The molecule has 164 valence electrons. The predicted octanol–water partition coefficient (Wildman–Crippen LogP) is 4.32. The molecule has 1 amide bonds. The lowest BCUT2D eigenvalue weighted by Crippen LogP contribution is -2.14.